The monoisotopic (exact) mass is 286 g/mol. The van der Waals surface area contributed by atoms with Gasteiger partial charge in [0.1, 0.15) is 6.04 Å². The van der Waals surface area contributed by atoms with E-state index >= 15 is 0 Å². The van der Waals surface area contributed by atoms with Crippen LogP contribution < -0.4 is 5.32 Å². The largest absolute Gasteiger partial charge is 0.342 e. The summed E-state index contributed by atoms with van der Waals surface area (Å²) in [4.78, 5) is 25.3. The standard InChI is InChI=1S/C12H18N2O4S/c15-10-7-14(6-9-2-1-5-19(9,17)18)12(16)11(13-10)8-3-4-8/h8-9,11H,1-7H2,(H,13,15). The van der Waals surface area contributed by atoms with E-state index < -0.39 is 21.1 Å². The van der Waals surface area contributed by atoms with Gasteiger partial charge in [0, 0.05) is 6.54 Å². The average Bonchev–Trinajstić information content (AvgIpc) is 3.11. The van der Waals surface area contributed by atoms with Gasteiger partial charge in [-0.1, -0.05) is 0 Å². The quantitative estimate of drug-likeness (QED) is 0.743. The number of carbonyl (C=O) groups is 2. The highest BCUT2D eigenvalue weighted by Crippen LogP contribution is 2.34. The maximum Gasteiger partial charge on any atom is 0.245 e. The van der Waals surface area contributed by atoms with E-state index in [4.69, 9.17) is 0 Å². The Morgan fingerprint density at radius 1 is 1.21 bits per heavy atom. The Kier molecular flexibility index (Phi) is 3.03. The van der Waals surface area contributed by atoms with Crippen LogP contribution in [0.2, 0.25) is 0 Å². The fourth-order valence-electron chi connectivity index (χ4n) is 2.94. The first-order chi connectivity index (χ1) is 8.97. The third kappa shape index (κ3) is 2.48. The lowest BCUT2D eigenvalue weighted by Crippen LogP contribution is -2.60. The lowest BCUT2D eigenvalue weighted by atomic mass is 10.1. The molecule has 0 aromatic rings. The molecule has 7 heteroatoms. The molecule has 2 heterocycles. The van der Waals surface area contributed by atoms with E-state index in [0.717, 1.165) is 12.8 Å². The van der Waals surface area contributed by atoms with Gasteiger partial charge in [0.25, 0.3) is 0 Å². The predicted octanol–water partition coefficient (Wildman–Crippen LogP) is -0.699. The Morgan fingerprint density at radius 3 is 2.53 bits per heavy atom. The van der Waals surface area contributed by atoms with Crippen molar-refractivity contribution in [2.24, 2.45) is 5.92 Å². The Hall–Kier alpha value is -1.11. The molecule has 19 heavy (non-hydrogen) atoms. The van der Waals surface area contributed by atoms with Crippen molar-refractivity contribution in [3.8, 4) is 0 Å². The van der Waals surface area contributed by atoms with E-state index in [2.05, 4.69) is 5.32 Å². The van der Waals surface area contributed by atoms with Gasteiger partial charge in [0.15, 0.2) is 9.84 Å². The van der Waals surface area contributed by atoms with Gasteiger partial charge in [-0.05, 0) is 31.6 Å². The van der Waals surface area contributed by atoms with Gasteiger partial charge in [0.05, 0.1) is 17.5 Å². The number of carbonyl (C=O) groups excluding carboxylic acids is 2. The summed E-state index contributed by atoms with van der Waals surface area (Å²) in [6, 6.07) is -0.426. The highest BCUT2D eigenvalue weighted by atomic mass is 32.2. The van der Waals surface area contributed by atoms with Crippen molar-refractivity contribution in [1.29, 1.82) is 0 Å². The number of hydrogen-bond acceptors (Lipinski definition) is 4. The molecule has 6 nitrogen and oxygen atoms in total. The molecule has 0 radical (unpaired) electrons. The Labute approximate surface area is 112 Å². The lowest BCUT2D eigenvalue weighted by molar-refractivity contribution is -0.144. The lowest BCUT2D eigenvalue weighted by Gasteiger charge is -2.33. The van der Waals surface area contributed by atoms with Gasteiger partial charge >= 0.3 is 0 Å². The van der Waals surface area contributed by atoms with E-state index in [1.54, 1.807) is 0 Å². The second kappa shape index (κ2) is 4.47. The van der Waals surface area contributed by atoms with Crippen LogP contribution in [0.3, 0.4) is 0 Å². The Morgan fingerprint density at radius 2 is 1.95 bits per heavy atom. The fourth-order valence-corrected chi connectivity index (χ4v) is 4.78. The van der Waals surface area contributed by atoms with Gasteiger partial charge in [0.2, 0.25) is 11.8 Å². The van der Waals surface area contributed by atoms with Gasteiger partial charge in [-0.25, -0.2) is 8.42 Å². The van der Waals surface area contributed by atoms with Crippen LogP contribution in [-0.2, 0) is 19.4 Å². The molecule has 0 aromatic carbocycles. The molecule has 106 valence electrons. The Bertz CT molecular complexity index is 512. The summed E-state index contributed by atoms with van der Waals surface area (Å²) in [7, 11) is -3.08. The van der Waals surface area contributed by atoms with Crippen LogP contribution in [0.15, 0.2) is 0 Å². The van der Waals surface area contributed by atoms with Crippen LogP contribution in [0.25, 0.3) is 0 Å². The van der Waals surface area contributed by atoms with Crippen LogP contribution >= 0.6 is 0 Å². The highest BCUT2D eigenvalue weighted by molar-refractivity contribution is 7.92. The van der Waals surface area contributed by atoms with Gasteiger partial charge in [-0.2, -0.15) is 0 Å². The number of amides is 2. The molecule has 1 aliphatic carbocycles. The fraction of sp³-hybridized carbons (Fsp3) is 0.833. The molecule has 2 aliphatic heterocycles. The first-order valence-corrected chi connectivity index (χ1v) is 8.48. The molecule has 2 amide bonds. The zero-order valence-corrected chi connectivity index (χ0v) is 11.5. The Balaban J connectivity index is 1.72. The van der Waals surface area contributed by atoms with E-state index in [0.29, 0.717) is 12.8 Å². The molecule has 1 saturated carbocycles. The third-order valence-electron chi connectivity index (χ3n) is 4.21. The second-order valence-electron chi connectivity index (χ2n) is 5.73. The summed E-state index contributed by atoms with van der Waals surface area (Å²) < 4.78 is 23.6. The summed E-state index contributed by atoms with van der Waals surface area (Å²) >= 11 is 0. The van der Waals surface area contributed by atoms with Gasteiger partial charge in [-0.3, -0.25) is 9.59 Å². The van der Waals surface area contributed by atoms with Crippen molar-refractivity contribution in [3.05, 3.63) is 0 Å². The molecular formula is C12H18N2O4S. The molecule has 3 fully saturated rings. The van der Waals surface area contributed by atoms with Crippen molar-refractivity contribution < 1.29 is 18.0 Å². The number of rotatable bonds is 3. The van der Waals surface area contributed by atoms with Gasteiger partial charge in [-0.15, -0.1) is 0 Å². The highest BCUT2D eigenvalue weighted by Gasteiger charge is 2.44. The molecule has 1 N–H and O–H groups in total. The maximum absolute atomic E-state index is 12.3. The molecule has 0 bridgehead atoms. The third-order valence-corrected chi connectivity index (χ3v) is 6.47. The zero-order valence-electron chi connectivity index (χ0n) is 10.7. The number of nitrogens with one attached hydrogen (secondary N) is 1. The normalized spacial score (nSPS) is 34.4. The molecule has 0 aromatic heterocycles. The zero-order chi connectivity index (χ0) is 13.6. The van der Waals surface area contributed by atoms with Crippen molar-refractivity contribution in [2.75, 3.05) is 18.8 Å². The number of hydrogen-bond donors (Lipinski definition) is 1. The molecule has 3 aliphatic rings. The van der Waals surface area contributed by atoms with E-state index in [1.807, 2.05) is 0 Å². The number of sulfone groups is 1. The van der Waals surface area contributed by atoms with Crippen molar-refractivity contribution in [3.63, 3.8) is 0 Å². The summed E-state index contributed by atoms with van der Waals surface area (Å²) in [6.45, 7) is 0.172. The second-order valence-corrected chi connectivity index (χ2v) is 8.13. The molecule has 2 saturated heterocycles. The van der Waals surface area contributed by atoms with Crippen LogP contribution in [0.4, 0.5) is 0 Å². The van der Waals surface area contributed by atoms with Gasteiger partial charge < -0.3 is 10.2 Å². The number of piperazine rings is 1. The summed E-state index contributed by atoms with van der Waals surface area (Å²) in [5, 5.41) is 2.24. The average molecular weight is 286 g/mol. The first kappa shape index (κ1) is 12.9. The maximum atomic E-state index is 12.3. The van der Waals surface area contributed by atoms with Crippen LogP contribution in [0.1, 0.15) is 25.7 Å². The van der Waals surface area contributed by atoms with Crippen molar-refractivity contribution in [1.82, 2.24) is 10.2 Å². The number of nitrogens with zero attached hydrogens (tertiary/aromatic N) is 1. The smallest absolute Gasteiger partial charge is 0.245 e. The van der Waals surface area contributed by atoms with Crippen LogP contribution in [0, 0.1) is 5.92 Å². The SMILES string of the molecule is O=C1CN(CC2CCCS2(=O)=O)C(=O)C(C2CC2)N1. The van der Waals surface area contributed by atoms with Crippen molar-refractivity contribution in [2.45, 2.75) is 37.0 Å². The topological polar surface area (TPSA) is 83.6 Å². The summed E-state index contributed by atoms with van der Waals surface area (Å²) in [5.74, 6) is 0.174. The van der Waals surface area contributed by atoms with Crippen LogP contribution in [0.5, 0.6) is 0 Å². The molecule has 3 rings (SSSR count). The van der Waals surface area contributed by atoms with Crippen molar-refractivity contribution >= 4 is 21.7 Å². The van der Waals surface area contributed by atoms with E-state index in [9.17, 15) is 18.0 Å². The van der Waals surface area contributed by atoms with E-state index in [1.165, 1.54) is 4.90 Å². The molecule has 0 spiro atoms. The molecule has 2 atom stereocenters. The minimum Gasteiger partial charge on any atom is -0.342 e. The first-order valence-electron chi connectivity index (χ1n) is 6.77. The predicted molar refractivity (Wildman–Crippen MR) is 68.0 cm³/mol. The summed E-state index contributed by atoms with van der Waals surface area (Å²) in [6.07, 6.45) is 3.19. The van der Waals surface area contributed by atoms with Crippen LogP contribution in [-0.4, -0.2) is 55.3 Å². The van der Waals surface area contributed by atoms with E-state index in [-0.39, 0.29) is 36.6 Å². The molecular weight excluding hydrogens is 268 g/mol. The molecule has 2 unspecified atom stereocenters. The minimum absolute atomic E-state index is 0.00588. The summed E-state index contributed by atoms with van der Waals surface area (Å²) in [5.41, 5.74) is 0. The minimum atomic E-state index is -3.08.